The van der Waals surface area contributed by atoms with Crippen LogP contribution in [0.5, 0.6) is 0 Å². The summed E-state index contributed by atoms with van der Waals surface area (Å²) in [6.45, 7) is 2.11. The first-order valence-corrected chi connectivity index (χ1v) is 5.19. The molecule has 2 aromatic rings. The molecule has 7 nitrogen and oxygen atoms in total. The van der Waals surface area contributed by atoms with E-state index in [0.29, 0.717) is 30.0 Å². The summed E-state index contributed by atoms with van der Waals surface area (Å²) in [5, 5.41) is 13.4. The summed E-state index contributed by atoms with van der Waals surface area (Å²) in [5.41, 5.74) is 0. The zero-order valence-corrected chi connectivity index (χ0v) is 9.27. The van der Waals surface area contributed by atoms with Crippen molar-refractivity contribution < 1.29 is 4.52 Å². The smallest absolute Gasteiger partial charge is 0.239 e. The van der Waals surface area contributed by atoms with Crippen LogP contribution >= 0.6 is 0 Å². The van der Waals surface area contributed by atoms with Gasteiger partial charge in [0.1, 0.15) is 6.33 Å². The van der Waals surface area contributed by atoms with Crippen molar-refractivity contribution in [1.82, 2.24) is 30.6 Å². The van der Waals surface area contributed by atoms with Gasteiger partial charge in [-0.25, -0.2) is 4.98 Å². The van der Waals surface area contributed by atoms with Crippen LogP contribution in [0.2, 0.25) is 0 Å². The van der Waals surface area contributed by atoms with Gasteiger partial charge in [0.15, 0.2) is 5.82 Å². The second kappa shape index (κ2) is 4.84. The number of hydrogen-bond acceptors (Lipinski definition) is 6. The Labute approximate surface area is 92.7 Å². The van der Waals surface area contributed by atoms with Crippen LogP contribution in [0.1, 0.15) is 19.2 Å². The Morgan fingerprint density at radius 1 is 1.56 bits per heavy atom. The van der Waals surface area contributed by atoms with Gasteiger partial charge in [-0.2, -0.15) is 10.1 Å². The van der Waals surface area contributed by atoms with Crippen LogP contribution in [0.25, 0.3) is 11.6 Å². The minimum Gasteiger partial charge on any atom is -0.339 e. The van der Waals surface area contributed by atoms with Gasteiger partial charge in [0, 0.05) is 12.5 Å². The molecule has 0 aliphatic carbocycles. The van der Waals surface area contributed by atoms with Crippen molar-refractivity contribution in [2.45, 2.75) is 25.8 Å². The number of aromatic amines is 1. The number of aromatic nitrogens is 5. The fourth-order valence-electron chi connectivity index (χ4n) is 1.41. The van der Waals surface area contributed by atoms with Crippen LogP contribution < -0.4 is 5.32 Å². The Balaban J connectivity index is 2.08. The van der Waals surface area contributed by atoms with Gasteiger partial charge >= 0.3 is 0 Å². The van der Waals surface area contributed by atoms with Crippen LogP contribution in [-0.2, 0) is 6.42 Å². The molecule has 2 heterocycles. The summed E-state index contributed by atoms with van der Waals surface area (Å²) in [4.78, 5) is 8.19. The zero-order valence-electron chi connectivity index (χ0n) is 9.27. The van der Waals surface area contributed by atoms with Gasteiger partial charge in [-0.05, 0) is 13.5 Å². The van der Waals surface area contributed by atoms with E-state index in [1.54, 1.807) is 0 Å². The molecule has 0 saturated heterocycles. The van der Waals surface area contributed by atoms with Crippen LogP contribution in [0, 0.1) is 0 Å². The van der Waals surface area contributed by atoms with Crippen molar-refractivity contribution >= 4 is 0 Å². The van der Waals surface area contributed by atoms with E-state index in [0.717, 1.165) is 6.42 Å². The van der Waals surface area contributed by atoms with Crippen LogP contribution in [0.15, 0.2) is 10.9 Å². The maximum Gasteiger partial charge on any atom is 0.239 e. The first-order chi connectivity index (χ1) is 7.83. The number of nitrogens with one attached hydrogen (secondary N) is 2. The van der Waals surface area contributed by atoms with Gasteiger partial charge in [-0.1, -0.05) is 12.1 Å². The Bertz CT molecular complexity index is 419. The topological polar surface area (TPSA) is 92.5 Å². The molecule has 7 heteroatoms. The SMILES string of the molecule is CCC(Cc1nc(-c2ncn[nH]2)no1)NC. The maximum absolute atomic E-state index is 5.13. The molecule has 0 aliphatic rings. The van der Waals surface area contributed by atoms with Crippen molar-refractivity contribution in [2.75, 3.05) is 7.05 Å². The third kappa shape index (κ3) is 2.25. The molecule has 0 spiro atoms. The largest absolute Gasteiger partial charge is 0.339 e. The van der Waals surface area contributed by atoms with Crippen molar-refractivity contribution in [3.05, 3.63) is 12.2 Å². The monoisotopic (exact) mass is 222 g/mol. The molecule has 2 N–H and O–H groups in total. The Morgan fingerprint density at radius 3 is 3.06 bits per heavy atom. The molecule has 16 heavy (non-hydrogen) atoms. The van der Waals surface area contributed by atoms with Gasteiger partial charge in [0.05, 0.1) is 0 Å². The molecular weight excluding hydrogens is 208 g/mol. The van der Waals surface area contributed by atoms with E-state index in [9.17, 15) is 0 Å². The van der Waals surface area contributed by atoms with Crippen molar-refractivity contribution in [2.24, 2.45) is 0 Å². The first-order valence-electron chi connectivity index (χ1n) is 5.19. The number of likely N-dealkylation sites (N-methyl/N-ethyl adjacent to an activating group) is 1. The van der Waals surface area contributed by atoms with E-state index in [2.05, 4.69) is 37.6 Å². The molecule has 0 saturated carbocycles. The average Bonchev–Trinajstić information content (AvgIpc) is 2.96. The predicted molar refractivity (Wildman–Crippen MR) is 56.5 cm³/mol. The minimum absolute atomic E-state index is 0.350. The number of H-pyrrole nitrogens is 1. The highest BCUT2D eigenvalue weighted by molar-refractivity contribution is 5.39. The summed E-state index contributed by atoms with van der Waals surface area (Å²) in [7, 11) is 1.92. The molecule has 1 atom stereocenters. The van der Waals surface area contributed by atoms with Gasteiger partial charge in [-0.15, -0.1) is 0 Å². The average molecular weight is 222 g/mol. The van der Waals surface area contributed by atoms with E-state index >= 15 is 0 Å². The fraction of sp³-hybridized carbons (Fsp3) is 0.556. The zero-order chi connectivity index (χ0) is 11.4. The van der Waals surface area contributed by atoms with Crippen molar-refractivity contribution in [1.29, 1.82) is 0 Å². The molecule has 2 rings (SSSR count). The molecule has 0 amide bonds. The normalized spacial score (nSPS) is 12.9. The molecular formula is C9H14N6O. The standard InChI is InChI=1S/C9H14N6O/c1-3-6(10-2)4-7-13-9(15-16-7)8-11-5-12-14-8/h5-6,10H,3-4H2,1-2H3,(H,11,12,14). The highest BCUT2D eigenvalue weighted by Gasteiger charge is 2.13. The van der Waals surface area contributed by atoms with E-state index in [1.165, 1.54) is 6.33 Å². The second-order valence-electron chi connectivity index (χ2n) is 3.44. The van der Waals surface area contributed by atoms with Crippen molar-refractivity contribution in [3.63, 3.8) is 0 Å². The number of hydrogen-bond donors (Lipinski definition) is 2. The van der Waals surface area contributed by atoms with Gasteiger partial charge in [0.25, 0.3) is 0 Å². The van der Waals surface area contributed by atoms with E-state index in [4.69, 9.17) is 4.52 Å². The molecule has 1 unspecified atom stereocenters. The molecule has 0 aromatic carbocycles. The fourth-order valence-corrected chi connectivity index (χ4v) is 1.41. The summed E-state index contributed by atoms with van der Waals surface area (Å²) < 4.78 is 5.13. The summed E-state index contributed by atoms with van der Waals surface area (Å²) >= 11 is 0. The van der Waals surface area contributed by atoms with Crippen LogP contribution in [0.4, 0.5) is 0 Å². The molecule has 0 aliphatic heterocycles. The Hall–Kier alpha value is -1.76. The lowest BCUT2D eigenvalue weighted by molar-refractivity contribution is 0.359. The molecule has 0 radical (unpaired) electrons. The third-order valence-electron chi connectivity index (χ3n) is 2.42. The highest BCUT2D eigenvalue weighted by atomic mass is 16.5. The lowest BCUT2D eigenvalue weighted by atomic mass is 10.1. The van der Waals surface area contributed by atoms with Gasteiger partial charge < -0.3 is 9.84 Å². The predicted octanol–water partition coefficient (Wildman–Crippen LogP) is 0.395. The summed E-state index contributed by atoms with van der Waals surface area (Å²) in [5.74, 6) is 1.57. The summed E-state index contributed by atoms with van der Waals surface area (Å²) in [6, 6.07) is 0.350. The van der Waals surface area contributed by atoms with E-state index < -0.39 is 0 Å². The molecule has 2 aromatic heterocycles. The quantitative estimate of drug-likeness (QED) is 0.760. The summed E-state index contributed by atoms with van der Waals surface area (Å²) in [6.07, 6.45) is 3.14. The third-order valence-corrected chi connectivity index (χ3v) is 2.42. The minimum atomic E-state index is 0.350. The van der Waals surface area contributed by atoms with Crippen molar-refractivity contribution in [3.8, 4) is 11.6 Å². The van der Waals surface area contributed by atoms with Gasteiger partial charge in [-0.3, -0.25) is 5.10 Å². The molecule has 0 bridgehead atoms. The first kappa shape index (κ1) is 10.7. The van der Waals surface area contributed by atoms with Gasteiger partial charge in [0.2, 0.25) is 11.7 Å². The molecule has 86 valence electrons. The Kier molecular flexibility index (Phi) is 3.25. The van der Waals surface area contributed by atoms with E-state index in [1.807, 2.05) is 7.05 Å². The number of nitrogens with zero attached hydrogens (tertiary/aromatic N) is 4. The number of rotatable bonds is 5. The Morgan fingerprint density at radius 2 is 2.44 bits per heavy atom. The van der Waals surface area contributed by atoms with E-state index in [-0.39, 0.29) is 0 Å². The van der Waals surface area contributed by atoms with Crippen LogP contribution in [-0.4, -0.2) is 38.4 Å². The lowest BCUT2D eigenvalue weighted by Crippen LogP contribution is -2.26. The lowest BCUT2D eigenvalue weighted by Gasteiger charge is -2.09. The second-order valence-corrected chi connectivity index (χ2v) is 3.44. The highest BCUT2D eigenvalue weighted by Crippen LogP contribution is 2.10. The molecule has 0 fully saturated rings. The van der Waals surface area contributed by atoms with Crippen LogP contribution in [0.3, 0.4) is 0 Å². The maximum atomic E-state index is 5.13.